The van der Waals surface area contributed by atoms with Gasteiger partial charge in [0, 0.05) is 89.7 Å². The van der Waals surface area contributed by atoms with E-state index in [1.54, 1.807) is 0 Å². The molecule has 4 aliphatic heterocycles. The van der Waals surface area contributed by atoms with Gasteiger partial charge < -0.3 is 65.3 Å². The molecule has 19 heteroatoms. The third-order valence-electron chi connectivity index (χ3n) is 15.0. The fourth-order valence-corrected chi connectivity index (χ4v) is 11.2. The Morgan fingerprint density at radius 1 is 0.262 bits per heavy atom. The van der Waals surface area contributed by atoms with E-state index < -0.39 is 0 Å². The molecule has 0 saturated carbocycles. The Morgan fingerprint density at radius 3 is 0.738 bits per heavy atom. The van der Waals surface area contributed by atoms with Crippen molar-refractivity contribution in [2.75, 3.05) is 0 Å². The first-order chi connectivity index (χ1) is 40.0. The summed E-state index contributed by atoms with van der Waals surface area (Å²) in [4.78, 5) is 78.7. The summed E-state index contributed by atoms with van der Waals surface area (Å²) >= 11 is 0. The average molecular weight is 1170 g/mol. The first-order valence-electron chi connectivity index (χ1n) is 26.2. The van der Waals surface area contributed by atoms with Crippen molar-refractivity contribution in [2.24, 2.45) is 0 Å². The summed E-state index contributed by atoms with van der Waals surface area (Å²) in [6.07, 6.45) is 4.64. The van der Waals surface area contributed by atoms with Gasteiger partial charge in [0.05, 0.1) is 46.6 Å². The largest absolute Gasteiger partial charge is 2.00 e. The van der Waals surface area contributed by atoms with Crippen LogP contribution in [0.15, 0.2) is 188 Å². The second-order valence-corrected chi connectivity index (χ2v) is 19.8. The SMILES string of the molecule is C=C1C=Cc2c(c3nc4nc(nc5[n-]c(nc6nc(nc2[n-]3)-c2ccccc2-6)c2ccccc52)-c2ccccc2-4)C1.O.[Fe+2].[Fe+2].c1ccc2c(c1)-c1nc-2nc2[n-]c(nc3nc(nc4[n-]c(n1)c1ccccc41)-c1ccccc1-3)c1ccccc21. The van der Waals surface area contributed by atoms with Crippen molar-refractivity contribution in [3.05, 3.63) is 199 Å². The van der Waals surface area contributed by atoms with Crippen molar-refractivity contribution >= 4 is 83.6 Å². The van der Waals surface area contributed by atoms with Gasteiger partial charge in [-0.1, -0.05) is 194 Å². The van der Waals surface area contributed by atoms with Gasteiger partial charge in [0.1, 0.15) is 0 Å². The molecule has 16 bridgehead atoms. The summed E-state index contributed by atoms with van der Waals surface area (Å²) in [6.45, 7) is 4.18. The van der Waals surface area contributed by atoms with E-state index in [-0.39, 0.29) is 39.6 Å². The first kappa shape index (κ1) is 51.6. The third-order valence-corrected chi connectivity index (χ3v) is 15.0. The Balaban J connectivity index is 0.000000144. The van der Waals surface area contributed by atoms with Crippen molar-refractivity contribution in [1.29, 1.82) is 0 Å². The molecule has 0 radical (unpaired) electrons. The molecule has 84 heavy (non-hydrogen) atoms. The van der Waals surface area contributed by atoms with Crippen molar-refractivity contribution in [3.63, 3.8) is 0 Å². The van der Waals surface area contributed by atoms with Crippen molar-refractivity contribution in [2.45, 2.75) is 6.42 Å². The molecule has 13 aromatic rings. The molecule has 2 N–H and O–H groups in total. The van der Waals surface area contributed by atoms with Gasteiger partial charge in [-0.2, -0.15) is 0 Å². The van der Waals surface area contributed by atoms with Gasteiger partial charge in [0.15, 0.2) is 0 Å². The predicted molar refractivity (Wildman–Crippen MR) is 316 cm³/mol. The van der Waals surface area contributed by atoms with Gasteiger partial charge in [0.25, 0.3) is 0 Å². The van der Waals surface area contributed by atoms with Crippen LogP contribution in [0.5, 0.6) is 0 Å². The van der Waals surface area contributed by atoms with E-state index >= 15 is 0 Å². The Bertz CT molecular complexity index is 5030. The fourth-order valence-electron chi connectivity index (χ4n) is 11.2. The van der Waals surface area contributed by atoms with Gasteiger partial charge in [-0.05, 0) is 49.9 Å². The maximum atomic E-state index is 4.99. The number of fused-ring (bicyclic) bond motifs is 40. The summed E-state index contributed by atoms with van der Waals surface area (Å²) in [6, 6.07) is 55.7. The maximum Gasteiger partial charge on any atom is 2.00 e. The van der Waals surface area contributed by atoms with Crippen molar-refractivity contribution in [3.8, 4) is 91.1 Å². The number of allylic oxidation sites excluding steroid dienone is 2. The van der Waals surface area contributed by atoms with Gasteiger partial charge >= 0.3 is 34.1 Å². The minimum atomic E-state index is 0. The molecular formula is C65H36Fe2N16O. The zero-order valence-electron chi connectivity index (χ0n) is 43.6. The van der Waals surface area contributed by atoms with E-state index in [1.807, 2.05) is 182 Å². The molecule has 0 atom stereocenters. The van der Waals surface area contributed by atoms with Gasteiger partial charge in [-0.15, -0.1) is 0 Å². The molecule has 10 heterocycles. The van der Waals surface area contributed by atoms with Crippen LogP contribution in [-0.2, 0) is 40.6 Å². The van der Waals surface area contributed by atoms with Crippen LogP contribution in [-0.4, -0.2) is 65.3 Å². The van der Waals surface area contributed by atoms with E-state index in [0.717, 1.165) is 93.5 Å². The first-order valence-corrected chi connectivity index (χ1v) is 26.2. The predicted octanol–water partition coefficient (Wildman–Crippen LogP) is 11.4. The van der Waals surface area contributed by atoms with E-state index in [4.69, 9.17) is 79.7 Å². The van der Waals surface area contributed by atoms with Crippen LogP contribution >= 0.6 is 0 Å². The molecule has 398 valence electrons. The van der Waals surface area contributed by atoms with Crippen LogP contribution in [0, 0.1) is 0 Å². The van der Waals surface area contributed by atoms with Crippen LogP contribution < -0.4 is 19.9 Å². The standard InChI is InChI=1S/C33H18N8.C32H16N8.2Fe.H2O/c1-17-14-15-24-25(16-17)33-40-31-23-13-7-6-12-22(23)29(38-31)36-27-19-9-3-2-8-18(19)26(34-27)35-28-20-10-4-5-11-21(20)30(37-28)39-32(24)41-33;1-2-10-18-17(9-1)25-33-26(18)38-28-21-13-5-6-14-22(21)30(35-28)40-32-24-16-8-7-15-23(24)31(36-32)39-29-20-12-4-3-11-19(20)27(34-29)37-25;;;/h2-15H,1,16H2;1-16H;;;1H2/q2*-2;2*+2;. The minimum Gasteiger partial charge on any atom is -0.412 e. The van der Waals surface area contributed by atoms with E-state index in [2.05, 4.69) is 6.58 Å². The van der Waals surface area contributed by atoms with Crippen LogP contribution in [0.2, 0.25) is 0 Å². The number of aromatic nitrogens is 16. The summed E-state index contributed by atoms with van der Waals surface area (Å²) in [5, 5.41) is 5.36. The normalized spacial score (nSPS) is 12.2. The Hall–Kier alpha value is -10.5. The number of hydrogen-bond acceptors (Lipinski definition) is 12. The average Bonchev–Trinajstić information content (AvgIpc) is 3.53. The van der Waals surface area contributed by atoms with Crippen molar-refractivity contribution < 1.29 is 39.6 Å². The van der Waals surface area contributed by atoms with Gasteiger partial charge in [0.2, 0.25) is 0 Å². The van der Waals surface area contributed by atoms with E-state index in [9.17, 15) is 0 Å². The number of hydrogen-bond donors (Lipinski definition) is 0. The summed E-state index contributed by atoms with van der Waals surface area (Å²) < 4.78 is 0. The minimum absolute atomic E-state index is 0. The molecule has 5 aliphatic rings. The Labute approximate surface area is 496 Å². The zero-order valence-corrected chi connectivity index (χ0v) is 45.8. The van der Waals surface area contributed by atoms with Crippen LogP contribution in [0.4, 0.5) is 0 Å². The Kier molecular flexibility index (Phi) is 12.4. The number of benzene rings is 7. The van der Waals surface area contributed by atoms with Gasteiger partial charge in [-0.25, -0.2) is 19.9 Å². The van der Waals surface area contributed by atoms with Crippen molar-refractivity contribution in [1.82, 2.24) is 79.7 Å². The number of nitrogens with zero attached hydrogens (tertiary/aromatic N) is 16. The smallest absolute Gasteiger partial charge is 0.412 e. The molecule has 1 aliphatic carbocycles. The second kappa shape index (κ2) is 20.2. The van der Waals surface area contributed by atoms with Crippen LogP contribution in [0.1, 0.15) is 11.1 Å². The molecule has 18 rings (SSSR count). The summed E-state index contributed by atoms with van der Waals surface area (Å²) in [5.74, 6) is 4.42. The molecule has 0 amide bonds. The molecule has 7 aromatic carbocycles. The molecule has 0 saturated heterocycles. The molecular weight excluding hydrogens is 1130 g/mol. The summed E-state index contributed by atoms with van der Waals surface area (Å²) in [5.41, 5.74) is 14.5. The molecule has 0 unspecified atom stereocenters. The Morgan fingerprint density at radius 2 is 0.476 bits per heavy atom. The molecule has 6 aromatic heterocycles. The molecule has 17 nitrogen and oxygen atoms in total. The molecule has 0 fully saturated rings. The fraction of sp³-hybridized carbons (Fsp3) is 0.0154. The van der Waals surface area contributed by atoms with Gasteiger partial charge in [-0.3, -0.25) is 0 Å². The maximum absolute atomic E-state index is 4.99. The van der Waals surface area contributed by atoms with E-state index in [0.29, 0.717) is 98.2 Å². The topological polar surface area (TPSA) is 243 Å². The van der Waals surface area contributed by atoms with Crippen LogP contribution in [0.25, 0.3) is 175 Å². The second-order valence-electron chi connectivity index (χ2n) is 19.8. The van der Waals surface area contributed by atoms with Crippen LogP contribution in [0.3, 0.4) is 0 Å². The summed E-state index contributed by atoms with van der Waals surface area (Å²) in [7, 11) is 0. The van der Waals surface area contributed by atoms with E-state index in [1.165, 1.54) is 0 Å². The molecule has 0 spiro atoms. The zero-order chi connectivity index (χ0) is 53.3. The monoisotopic (exact) mass is 1170 g/mol. The number of rotatable bonds is 0. The quantitative estimate of drug-likeness (QED) is 0.128. The third kappa shape index (κ3) is 8.25.